The number of ether oxygens (including phenoxy) is 4. The Bertz CT molecular complexity index is 939. The van der Waals surface area contributed by atoms with Crippen molar-refractivity contribution in [1.82, 2.24) is 0 Å². The number of carbonyl (C=O) groups excluding carboxylic acids is 3. The fourth-order valence-electron chi connectivity index (χ4n) is 3.05. The van der Waals surface area contributed by atoms with Gasteiger partial charge in [0.15, 0.2) is 0 Å². The highest BCUT2D eigenvalue weighted by Crippen LogP contribution is 2.39. The lowest BCUT2D eigenvalue weighted by molar-refractivity contribution is -0.201. The molecule has 0 spiro atoms. The summed E-state index contributed by atoms with van der Waals surface area (Å²) in [5, 5.41) is 3.59. The molecule has 1 aliphatic heterocycles. The van der Waals surface area contributed by atoms with Crippen molar-refractivity contribution in [2.45, 2.75) is 61.6 Å². The van der Waals surface area contributed by atoms with E-state index in [4.69, 9.17) is 24.5 Å². The SMILES string of the molecule is CC(=O)OCC1O[C@H](Sc2cccc(C(F)(F)F)c2)C(OC(C)=O)[C@@H](N=[N+]=[N-])[C@H]1OC(C)=O. The molecule has 1 fully saturated rings. The highest BCUT2D eigenvalue weighted by molar-refractivity contribution is 7.99. The third-order valence-corrected chi connectivity index (χ3v) is 5.41. The monoisotopic (exact) mass is 491 g/mol. The van der Waals surface area contributed by atoms with Gasteiger partial charge in [0.05, 0.1) is 5.56 Å². The van der Waals surface area contributed by atoms with E-state index >= 15 is 0 Å². The van der Waals surface area contributed by atoms with E-state index in [0.717, 1.165) is 44.7 Å². The van der Waals surface area contributed by atoms with Gasteiger partial charge in [-0.3, -0.25) is 14.4 Å². The van der Waals surface area contributed by atoms with Gasteiger partial charge in [0, 0.05) is 30.6 Å². The van der Waals surface area contributed by atoms with Gasteiger partial charge in [-0.25, -0.2) is 0 Å². The average molecular weight is 491 g/mol. The molecule has 1 aromatic carbocycles. The number of carbonyl (C=O) groups is 3. The predicted molar refractivity (Wildman–Crippen MR) is 107 cm³/mol. The van der Waals surface area contributed by atoms with Gasteiger partial charge in [-0.2, -0.15) is 13.2 Å². The molecule has 0 saturated carbocycles. The average Bonchev–Trinajstić information content (AvgIpc) is 2.70. The van der Waals surface area contributed by atoms with Crippen LogP contribution in [-0.4, -0.2) is 54.3 Å². The van der Waals surface area contributed by atoms with E-state index < -0.39 is 66.0 Å². The van der Waals surface area contributed by atoms with Gasteiger partial charge >= 0.3 is 24.1 Å². The molecule has 2 unspecified atom stereocenters. The first-order valence-corrected chi connectivity index (χ1v) is 10.3. The molecule has 33 heavy (non-hydrogen) atoms. The Morgan fingerprint density at radius 2 is 1.76 bits per heavy atom. The van der Waals surface area contributed by atoms with Crippen molar-refractivity contribution in [2.75, 3.05) is 6.61 Å². The van der Waals surface area contributed by atoms with Crippen LogP contribution in [0.1, 0.15) is 26.3 Å². The lowest BCUT2D eigenvalue weighted by atomic mass is 9.97. The van der Waals surface area contributed by atoms with E-state index in [0.29, 0.717) is 0 Å². The van der Waals surface area contributed by atoms with E-state index in [1.165, 1.54) is 12.1 Å². The Balaban J connectivity index is 2.47. The topological polar surface area (TPSA) is 137 Å². The minimum Gasteiger partial charge on any atom is -0.463 e. The van der Waals surface area contributed by atoms with Gasteiger partial charge in [-0.1, -0.05) is 22.9 Å². The largest absolute Gasteiger partial charge is 0.463 e. The molecule has 1 aliphatic rings. The Labute approximate surface area is 190 Å². The number of halogens is 3. The van der Waals surface area contributed by atoms with Crippen LogP contribution in [0, 0.1) is 0 Å². The van der Waals surface area contributed by atoms with Crippen molar-refractivity contribution in [3.63, 3.8) is 0 Å². The van der Waals surface area contributed by atoms with Crippen LogP contribution in [-0.2, 0) is 39.5 Å². The number of hydrogen-bond acceptors (Lipinski definition) is 9. The molecule has 0 bridgehead atoms. The number of thioether (sulfide) groups is 1. The zero-order valence-corrected chi connectivity index (χ0v) is 18.5. The summed E-state index contributed by atoms with van der Waals surface area (Å²) in [5.41, 5.74) is 6.94. The maximum absolute atomic E-state index is 13.1. The van der Waals surface area contributed by atoms with Crippen molar-refractivity contribution >= 4 is 29.7 Å². The predicted octanol–water partition coefficient (Wildman–Crippen LogP) is 3.63. The fraction of sp³-hybridized carbons (Fsp3) is 0.526. The zero-order chi connectivity index (χ0) is 24.8. The van der Waals surface area contributed by atoms with Gasteiger partial charge in [0.2, 0.25) is 0 Å². The second kappa shape index (κ2) is 11.3. The first kappa shape index (κ1) is 26.3. The van der Waals surface area contributed by atoms with Gasteiger partial charge in [0.1, 0.15) is 36.4 Å². The van der Waals surface area contributed by atoms with E-state index in [2.05, 4.69) is 10.0 Å². The van der Waals surface area contributed by atoms with Crippen LogP contribution in [0.4, 0.5) is 13.2 Å². The van der Waals surface area contributed by atoms with Crippen LogP contribution in [0.3, 0.4) is 0 Å². The zero-order valence-electron chi connectivity index (χ0n) is 17.6. The summed E-state index contributed by atoms with van der Waals surface area (Å²) in [7, 11) is 0. The van der Waals surface area contributed by atoms with Crippen LogP contribution < -0.4 is 0 Å². The van der Waals surface area contributed by atoms with Crippen molar-refractivity contribution < 1.29 is 46.5 Å². The quantitative estimate of drug-likeness (QED) is 0.185. The molecule has 5 atom stereocenters. The first-order valence-electron chi connectivity index (χ1n) is 9.43. The summed E-state index contributed by atoms with van der Waals surface area (Å²) in [4.78, 5) is 37.5. The molecule has 0 amide bonds. The molecule has 0 aliphatic carbocycles. The Morgan fingerprint density at radius 3 is 2.30 bits per heavy atom. The number of benzene rings is 1. The normalized spacial score (nSPS) is 24.8. The minimum atomic E-state index is -4.59. The lowest BCUT2D eigenvalue weighted by Gasteiger charge is -2.43. The smallest absolute Gasteiger partial charge is 0.416 e. The van der Waals surface area contributed by atoms with E-state index in [1.54, 1.807) is 0 Å². The number of hydrogen-bond donors (Lipinski definition) is 0. The van der Waals surface area contributed by atoms with Crippen molar-refractivity contribution in [3.8, 4) is 0 Å². The molecule has 0 radical (unpaired) electrons. The van der Waals surface area contributed by atoms with Crippen molar-refractivity contribution in [2.24, 2.45) is 5.11 Å². The maximum atomic E-state index is 13.1. The molecule has 1 saturated heterocycles. The van der Waals surface area contributed by atoms with E-state index in [1.807, 2.05) is 0 Å². The number of alkyl halides is 3. The summed E-state index contributed by atoms with van der Waals surface area (Å²) < 4.78 is 60.6. The molecule has 1 aromatic rings. The number of esters is 3. The Morgan fingerprint density at radius 1 is 1.12 bits per heavy atom. The van der Waals surface area contributed by atoms with Crippen LogP contribution in [0.5, 0.6) is 0 Å². The van der Waals surface area contributed by atoms with Gasteiger partial charge in [0.25, 0.3) is 0 Å². The summed E-state index contributed by atoms with van der Waals surface area (Å²) in [6, 6.07) is 3.02. The van der Waals surface area contributed by atoms with E-state index in [9.17, 15) is 27.6 Å². The highest BCUT2D eigenvalue weighted by Gasteiger charge is 2.50. The summed E-state index contributed by atoms with van der Waals surface area (Å²) >= 11 is 0.770. The third kappa shape index (κ3) is 7.55. The second-order valence-corrected chi connectivity index (χ2v) is 8.00. The molecular formula is C19H20F3N3O7S. The standard InChI is InChI=1S/C19H20F3N3O7S/c1-9(26)29-8-14-16(30-10(2)27)15(24-25-23)17(31-11(3)28)18(32-14)33-13-6-4-5-12(7-13)19(20,21)22/h4-7,14-18H,8H2,1-3H3/t14?,15-,16-,17?,18+/m0/s1. The molecule has 0 N–H and O–H groups in total. The third-order valence-electron chi connectivity index (χ3n) is 4.27. The van der Waals surface area contributed by atoms with E-state index in [-0.39, 0.29) is 4.90 Å². The van der Waals surface area contributed by atoms with Crippen LogP contribution >= 0.6 is 11.8 Å². The summed E-state index contributed by atoms with van der Waals surface area (Å²) in [6.45, 7) is 2.87. The lowest BCUT2D eigenvalue weighted by Crippen LogP contribution is -2.59. The minimum absolute atomic E-state index is 0.115. The van der Waals surface area contributed by atoms with Gasteiger partial charge in [-0.15, -0.1) is 0 Å². The molecule has 1 heterocycles. The van der Waals surface area contributed by atoms with Crippen LogP contribution in [0.2, 0.25) is 0 Å². The molecule has 2 rings (SSSR count). The van der Waals surface area contributed by atoms with Crippen LogP contribution in [0.25, 0.3) is 10.4 Å². The second-order valence-electron chi connectivity index (χ2n) is 6.83. The molecule has 10 nitrogen and oxygen atoms in total. The molecule has 14 heteroatoms. The summed E-state index contributed by atoms with van der Waals surface area (Å²) in [5.74, 6) is -2.25. The number of nitrogens with zero attached hydrogens (tertiary/aromatic N) is 3. The van der Waals surface area contributed by atoms with Gasteiger partial charge < -0.3 is 18.9 Å². The Hall–Kier alpha value is -2.96. The number of rotatable bonds is 7. The van der Waals surface area contributed by atoms with Gasteiger partial charge in [-0.05, 0) is 23.7 Å². The first-order chi connectivity index (χ1) is 15.4. The Kier molecular flexibility index (Phi) is 8.97. The highest BCUT2D eigenvalue weighted by atomic mass is 32.2. The molecule has 180 valence electrons. The molecule has 0 aromatic heterocycles. The maximum Gasteiger partial charge on any atom is 0.416 e. The number of azide groups is 1. The van der Waals surface area contributed by atoms with Crippen molar-refractivity contribution in [1.29, 1.82) is 0 Å². The van der Waals surface area contributed by atoms with Crippen LogP contribution in [0.15, 0.2) is 34.3 Å². The molecular weight excluding hydrogens is 471 g/mol. The summed E-state index contributed by atoms with van der Waals surface area (Å²) in [6.07, 6.45) is -8.40. The fourth-order valence-corrected chi connectivity index (χ4v) is 4.22. The van der Waals surface area contributed by atoms with Crippen molar-refractivity contribution in [3.05, 3.63) is 40.3 Å².